The van der Waals surface area contributed by atoms with Crippen LogP contribution < -0.4 is 0 Å². The van der Waals surface area contributed by atoms with Crippen LogP contribution in [0.2, 0.25) is 0 Å². The van der Waals surface area contributed by atoms with E-state index < -0.39 is 0 Å². The summed E-state index contributed by atoms with van der Waals surface area (Å²) in [7, 11) is 0. The number of thioether (sulfide) groups is 1. The van der Waals surface area contributed by atoms with Gasteiger partial charge in [-0.25, -0.2) is 0 Å². The fourth-order valence-electron chi connectivity index (χ4n) is 2.05. The van der Waals surface area contributed by atoms with E-state index in [0.29, 0.717) is 18.6 Å². The van der Waals surface area contributed by atoms with Crippen molar-refractivity contribution in [3.8, 4) is 0 Å². The van der Waals surface area contributed by atoms with Crippen molar-refractivity contribution in [2.45, 2.75) is 37.4 Å². The van der Waals surface area contributed by atoms with Crippen molar-refractivity contribution in [2.75, 3.05) is 0 Å². The van der Waals surface area contributed by atoms with Crippen LogP contribution in [0.4, 0.5) is 0 Å². The zero-order valence-corrected chi connectivity index (χ0v) is 10.5. The number of Topliss-reactive ketones (excluding diaryl/α,β-unsaturated/α-hetero) is 1. The maximum atomic E-state index is 12.0. The molecular weight excluding hydrogens is 232 g/mol. The fourth-order valence-corrected chi connectivity index (χ4v) is 3.18. The van der Waals surface area contributed by atoms with Gasteiger partial charge in [0.15, 0.2) is 0 Å². The van der Waals surface area contributed by atoms with Gasteiger partial charge < -0.3 is 0 Å². The molecule has 2 rings (SSSR count). The third-order valence-electron chi connectivity index (χ3n) is 2.97. The summed E-state index contributed by atoms with van der Waals surface area (Å²) in [5.41, 5.74) is 0.731. The highest BCUT2D eigenvalue weighted by Gasteiger charge is 2.21. The summed E-state index contributed by atoms with van der Waals surface area (Å²) in [5, 5.41) is 0.267. The first kappa shape index (κ1) is 12.4. The van der Waals surface area contributed by atoms with Crippen molar-refractivity contribution in [1.29, 1.82) is 0 Å². The molecule has 3 heteroatoms. The minimum absolute atomic E-state index is 0.0882. The topological polar surface area (TPSA) is 34.1 Å². The molecule has 0 spiro atoms. The van der Waals surface area contributed by atoms with E-state index in [1.165, 1.54) is 11.8 Å². The molecule has 90 valence electrons. The zero-order chi connectivity index (χ0) is 12.1. The largest absolute Gasteiger partial charge is 0.300 e. The lowest BCUT2D eigenvalue weighted by Gasteiger charge is -2.11. The van der Waals surface area contributed by atoms with Gasteiger partial charge in [-0.1, -0.05) is 48.5 Å². The van der Waals surface area contributed by atoms with Crippen LogP contribution in [0.15, 0.2) is 30.3 Å². The molecule has 1 aromatic rings. The highest BCUT2D eigenvalue weighted by Crippen LogP contribution is 2.28. The lowest BCUT2D eigenvalue weighted by Crippen LogP contribution is -2.10. The predicted molar refractivity (Wildman–Crippen MR) is 70.2 cm³/mol. The molecule has 1 atom stereocenters. The van der Waals surface area contributed by atoms with Crippen molar-refractivity contribution >= 4 is 22.7 Å². The van der Waals surface area contributed by atoms with Crippen molar-refractivity contribution in [3.05, 3.63) is 35.9 Å². The molecule has 1 saturated carbocycles. The summed E-state index contributed by atoms with van der Waals surface area (Å²) in [6.45, 7) is 0. The zero-order valence-electron chi connectivity index (χ0n) is 9.72. The summed E-state index contributed by atoms with van der Waals surface area (Å²) in [6, 6.07) is 9.29. The van der Waals surface area contributed by atoms with Gasteiger partial charge in [-0.3, -0.25) is 9.59 Å². The second kappa shape index (κ2) is 6.01. The Labute approximate surface area is 106 Å². The van der Waals surface area contributed by atoms with Gasteiger partial charge in [-0.05, 0) is 12.8 Å². The molecule has 0 N–H and O–H groups in total. The summed E-state index contributed by atoms with van der Waals surface area (Å²) in [6.07, 6.45) is 4.27. The maximum absolute atomic E-state index is 12.0. The second-order valence-electron chi connectivity index (χ2n) is 4.38. The minimum Gasteiger partial charge on any atom is -0.300 e. The van der Waals surface area contributed by atoms with E-state index in [9.17, 15) is 9.59 Å². The summed E-state index contributed by atoms with van der Waals surface area (Å²) >= 11 is 1.33. The van der Waals surface area contributed by atoms with E-state index in [1.54, 1.807) is 0 Å². The molecule has 0 aromatic heterocycles. The Balaban J connectivity index is 1.96. The normalized spacial score (nSPS) is 20.9. The first-order chi connectivity index (χ1) is 8.25. The third kappa shape index (κ3) is 3.70. The van der Waals surface area contributed by atoms with Gasteiger partial charge in [-0.15, -0.1) is 0 Å². The Hall–Kier alpha value is -1.09. The number of hydrogen-bond donors (Lipinski definition) is 0. The first-order valence-electron chi connectivity index (χ1n) is 6.03. The Morgan fingerprint density at radius 3 is 2.71 bits per heavy atom. The van der Waals surface area contributed by atoms with Crippen molar-refractivity contribution < 1.29 is 9.59 Å². The summed E-state index contributed by atoms with van der Waals surface area (Å²) in [4.78, 5) is 23.5. The lowest BCUT2D eigenvalue weighted by molar-refractivity contribution is -0.118. The standard InChI is InChI=1S/C14H16O2S/c15-12-8-4-5-9-13(10-12)17-14(16)11-6-2-1-3-7-11/h1-3,6-7,13H,4-5,8-10H2/t13-/m0/s1. The number of benzene rings is 1. The van der Waals surface area contributed by atoms with Crippen LogP contribution in [-0.2, 0) is 4.79 Å². The van der Waals surface area contributed by atoms with Crippen LogP contribution in [0.5, 0.6) is 0 Å². The van der Waals surface area contributed by atoms with E-state index in [4.69, 9.17) is 0 Å². The number of hydrogen-bond acceptors (Lipinski definition) is 3. The quantitative estimate of drug-likeness (QED) is 0.752. The van der Waals surface area contributed by atoms with Crippen molar-refractivity contribution in [2.24, 2.45) is 0 Å². The van der Waals surface area contributed by atoms with Gasteiger partial charge in [0.05, 0.1) is 0 Å². The molecule has 0 heterocycles. The Bertz CT molecular complexity index is 400. The van der Waals surface area contributed by atoms with Crippen molar-refractivity contribution in [1.82, 2.24) is 0 Å². The molecule has 1 aliphatic rings. The molecule has 17 heavy (non-hydrogen) atoms. The van der Waals surface area contributed by atoms with Gasteiger partial charge in [0.25, 0.3) is 0 Å². The van der Waals surface area contributed by atoms with Gasteiger partial charge in [0.1, 0.15) is 5.78 Å². The molecule has 0 radical (unpaired) electrons. The molecule has 1 fully saturated rings. The molecule has 1 aliphatic carbocycles. The van der Waals surface area contributed by atoms with Crippen LogP contribution in [0, 0.1) is 0 Å². The van der Waals surface area contributed by atoms with E-state index >= 15 is 0 Å². The van der Waals surface area contributed by atoms with E-state index in [-0.39, 0.29) is 10.4 Å². The predicted octanol–water partition coefficient (Wildman–Crippen LogP) is 3.46. The lowest BCUT2D eigenvalue weighted by atomic mass is 10.2. The van der Waals surface area contributed by atoms with Crippen LogP contribution >= 0.6 is 11.8 Å². The van der Waals surface area contributed by atoms with E-state index in [0.717, 1.165) is 24.8 Å². The Morgan fingerprint density at radius 1 is 1.18 bits per heavy atom. The van der Waals surface area contributed by atoms with Gasteiger partial charge in [-0.2, -0.15) is 0 Å². The second-order valence-corrected chi connectivity index (χ2v) is 5.66. The van der Waals surface area contributed by atoms with Crippen molar-refractivity contribution in [3.63, 3.8) is 0 Å². The molecule has 0 aliphatic heterocycles. The van der Waals surface area contributed by atoms with Gasteiger partial charge >= 0.3 is 0 Å². The Kier molecular flexibility index (Phi) is 4.37. The number of rotatable bonds is 2. The first-order valence-corrected chi connectivity index (χ1v) is 6.91. The summed E-state index contributed by atoms with van der Waals surface area (Å²) < 4.78 is 0. The SMILES string of the molecule is O=C1CCCC[C@H](SC(=O)c2ccccc2)C1. The van der Waals surface area contributed by atoms with Crippen LogP contribution in [0.1, 0.15) is 42.5 Å². The van der Waals surface area contributed by atoms with Crippen LogP contribution in [0.3, 0.4) is 0 Å². The van der Waals surface area contributed by atoms with Gasteiger partial charge in [0, 0.05) is 23.7 Å². The molecule has 0 bridgehead atoms. The highest BCUT2D eigenvalue weighted by molar-refractivity contribution is 8.14. The molecule has 0 saturated heterocycles. The van der Waals surface area contributed by atoms with Crippen LogP contribution in [-0.4, -0.2) is 16.1 Å². The monoisotopic (exact) mass is 248 g/mol. The molecule has 1 aromatic carbocycles. The molecule has 2 nitrogen and oxygen atoms in total. The smallest absolute Gasteiger partial charge is 0.219 e. The fraction of sp³-hybridized carbons (Fsp3) is 0.429. The van der Waals surface area contributed by atoms with E-state index in [2.05, 4.69) is 0 Å². The highest BCUT2D eigenvalue weighted by atomic mass is 32.2. The average Bonchev–Trinajstić information content (AvgIpc) is 2.55. The van der Waals surface area contributed by atoms with Gasteiger partial charge in [0.2, 0.25) is 5.12 Å². The summed E-state index contributed by atoms with van der Waals surface area (Å²) in [5.74, 6) is 0.306. The van der Waals surface area contributed by atoms with Crippen LogP contribution in [0.25, 0.3) is 0 Å². The number of ketones is 1. The number of carbonyl (C=O) groups is 2. The minimum atomic E-state index is 0.0882. The average molecular weight is 248 g/mol. The molecule has 0 amide bonds. The maximum Gasteiger partial charge on any atom is 0.219 e. The molecular formula is C14H16O2S. The number of carbonyl (C=O) groups excluding carboxylic acids is 2. The molecule has 0 unspecified atom stereocenters. The van der Waals surface area contributed by atoms with E-state index in [1.807, 2.05) is 30.3 Å². The Morgan fingerprint density at radius 2 is 1.94 bits per heavy atom. The third-order valence-corrected chi connectivity index (χ3v) is 4.16.